The number of rotatable bonds is 10. The number of carbonyl (C=O) groups is 4. The summed E-state index contributed by atoms with van der Waals surface area (Å²) in [6.07, 6.45) is 8.04. The first-order valence-corrected chi connectivity index (χ1v) is 12.9. The summed E-state index contributed by atoms with van der Waals surface area (Å²) >= 11 is 0. The van der Waals surface area contributed by atoms with Crippen molar-refractivity contribution in [2.75, 3.05) is 7.11 Å². The lowest BCUT2D eigenvalue weighted by Gasteiger charge is -2.28. The van der Waals surface area contributed by atoms with Gasteiger partial charge in [-0.2, -0.15) is 0 Å². The smallest absolute Gasteiger partial charge is 0.268 e. The number of ether oxygens (including phenoxy) is 1. The third kappa shape index (κ3) is 6.06. The number of Topliss-reactive ketones (excluding diaryl/α,β-unsaturated/α-hetero) is 1. The fourth-order valence-corrected chi connectivity index (χ4v) is 5.59. The number of primary amides is 1. The Bertz CT molecular complexity index is 1120. The molecule has 0 spiro atoms. The summed E-state index contributed by atoms with van der Waals surface area (Å²) in [5.41, 5.74) is 6.66. The van der Waals surface area contributed by atoms with E-state index in [0.29, 0.717) is 36.6 Å². The van der Waals surface area contributed by atoms with Crippen LogP contribution in [0.4, 0.5) is 0 Å². The molecule has 9 heteroatoms. The monoisotopic (exact) mass is 496 g/mol. The topological polar surface area (TPSA) is 143 Å². The standard InChI is InChI=1S/C27H36N4O5/c1-36-24-12-6-10-19-18(24)15-22(29-19)27(35)31-21(13-16-7-3-2-4-8-16)26(34)30-20(25(28)33)14-17-9-5-11-23(17)32/h6,10,12,15-17,20-21,29H,2-5,7-9,11,13-14H2,1H3,(H2,28,33)(H,30,34)(H,31,35)/t17-,20-,21-/m0/s1. The molecule has 1 aromatic heterocycles. The number of hydrogen-bond acceptors (Lipinski definition) is 5. The minimum Gasteiger partial charge on any atom is -0.496 e. The van der Waals surface area contributed by atoms with E-state index in [9.17, 15) is 19.2 Å². The van der Waals surface area contributed by atoms with Crippen molar-refractivity contribution in [3.8, 4) is 5.75 Å². The van der Waals surface area contributed by atoms with Gasteiger partial charge in [-0.3, -0.25) is 19.2 Å². The van der Waals surface area contributed by atoms with E-state index in [1.807, 2.05) is 18.2 Å². The lowest BCUT2D eigenvalue weighted by Crippen LogP contribution is -2.54. The highest BCUT2D eigenvalue weighted by Crippen LogP contribution is 2.29. The minimum atomic E-state index is -0.951. The van der Waals surface area contributed by atoms with Gasteiger partial charge in [0, 0.05) is 23.2 Å². The molecule has 0 radical (unpaired) electrons. The predicted molar refractivity (Wildman–Crippen MR) is 135 cm³/mol. The molecule has 0 bridgehead atoms. The third-order valence-electron chi connectivity index (χ3n) is 7.62. The molecule has 9 nitrogen and oxygen atoms in total. The average Bonchev–Trinajstić information content (AvgIpc) is 3.49. The van der Waals surface area contributed by atoms with Crippen molar-refractivity contribution in [3.63, 3.8) is 0 Å². The highest BCUT2D eigenvalue weighted by atomic mass is 16.5. The quantitative estimate of drug-likeness (QED) is 0.400. The molecule has 2 aromatic rings. The lowest BCUT2D eigenvalue weighted by atomic mass is 9.84. The predicted octanol–water partition coefficient (Wildman–Crippen LogP) is 2.97. The van der Waals surface area contributed by atoms with Crippen LogP contribution in [0.5, 0.6) is 5.75 Å². The van der Waals surface area contributed by atoms with Gasteiger partial charge >= 0.3 is 0 Å². The molecule has 3 atom stereocenters. The normalized spacial score (nSPS) is 20.1. The van der Waals surface area contributed by atoms with Gasteiger partial charge in [-0.1, -0.05) is 38.2 Å². The highest BCUT2D eigenvalue weighted by molar-refractivity contribution is 6.01. The van der Waals surface area contributed by atoms with Crippen LogP contribution in [0, 0.1) is 11.8 Å². The van der Waals surface area contributed by atoms with Crippen molar-refractivity contribution in [2.45, 2.75) is 76.3 Å². The second-order valence-corrected chi connectivity index (χ2v) is 10.1. The number of fused-ring (bicyclic) bond motifs is 1. The molecule has 2 aliphatic rings. The van der Waals surface area contributed by atoms with Gasteiger partial charge in [0.05, 0.1) is 7.11 Å². The van der Waals surface area contributed by atoms with Crippen LogP contribution in [0.15, 0.2) is 24.3 Å². The Morgan fingerprint density at radius 1 is 1.06 bits per heavy atom. The fraction of sp³-hybridized carbons (Fsp3) is 0.556. The number of aromatic amines is 1. The van der Waals surface area contributed by atoms with E-state index >= 15 is 0 Å². The summed E-state index contributed by atoms with van der Waals surface area (Å²) in [5.74, 6) is -0.741. The van der Waals surface area contributed by atoms with Crippen molar-refractivity contribution >= 4 is 34.4 Å². The fourth-order valence-electron chi connectivity index (χ4n) is 5.59. The van der Waals surface area contributed by atoms with Crippen LogP contribution in [0.3, 0.4) is 0 Å². The van der Waals surface area contributed by atoms with Crippen molar-refractivity contribution in [2.24, 2.45) is 17.6 Å². The number of amides is 3. The van der Waals surface area contributed by atoms with Crippen LogP contribution in [-0.2, 0) is 14.4 Å². The van der Waals surface area contributed by atoms with Crippen molar-refractivity contribution in [3.05, 3.63) is 30.0 Å². The summed E-state index contributed by atoms with van der Waals surface area (Å²) in [6, 6.07) is 5.43. The Kier molecular flexibility index (Phi) is 8.28. The number of carbonyl (C=O) groups excluding carboxylic acids is 4. The van der Waals surface area contributed by atoms with Gasteiger partial charge in [-0.25, -0.2) is 0 Å². The summed E-state index contributed by atoms with van der Waals surface area (Å²) in [6.45, 7) is 0. The molecular weight excluding hydrogens is 460 g/mol. The SMILES string of the molecule is COc1cccc2[nH]c(C(=O)N[C@@H](CC3CCCCC3)C(=O)N[C@@H](C[C@@H]3CCCC3=O)C(N)=O)cc12. The number of nitrogens with two attached hydrogens (primary N) is 1. The summed E-state index contributed by atoms with van der Waals surface area (Å²) in [4.78, 5) is 53.9. The van der Waals surface area contributed by atoms with Crippen LogP contribution in [0.1, 0.15) is 74.7 Å². The Morgan fingerprint density at radius 2 is 1.83 bits per heavy atom. The summed E-state index contributed by atoms with van der Waals surface area (Å²) < 4.78 is 5.39. The van der Waals surface area contributed by atoms with Gasteiger partial charge in [0.15, 0.2) is 0 Å². The lowest BCUT2D eigenvalue weighted by molar-refractivity contribution is -0.130. The highest BCUT2D eigenvalue weighted by Gasteiger charge is 2.33. The van der Waals surface area contributed by atoms with E-state index in [-0.39, 0.29) is 18.1 Å². The van der Waals surface area contributed by atoms with Gasteiger partial charge in [-0.15, -0.1) is 0 Å². The summed E-state index contributed by atoms with van der Waals surface area (Å²) in [7, 11) is 1.57. The van der Waals surface area contributed by atoms with Gasteiger partial charge in [0.1, 0.15) is 29.3 Å². The molecule has 0 unspecified atom stereocenters. The molecule has 0 saturated heterocycles. The average molecular weight is 497 g/mol. The first kappa shape index (κ1) is 25.7. The molecule has 0 aliphatic heterocycles. The van der Waals surface area contributed by atoms with Gasteiger partial charge in [-0.05, 0) is 49.8 Å². The molecule has 3 amide bonds. The maximum absolute atomic E-state index is 13.4. The molecule has 2 fully saturated rings. The number of H-pyrrole nitrogens is 1. The van der Waals surface area contributed by atoms with E-state index in [1.54, 1.807) is 13.2 Å². The third-order valence-corrected chi connectivity index (χ3v) is 7.62. The molecule has 36 heavy (non-hydrogen) atoms. The number of aromatic nitrogens is 1. The van der Waals surface area contributed by atoms with Crippen molar-refractivity contribution < 1.29 is 23.9 Å². The molecule has 194 valence electrons. The van der Waals surface area contributed by atoms with Crippen LogP contribution in [0.2, 0.25) is 0 Å². The second kappa shape index (κ2) is 11.6. The molecule has 4 rings (SSSR count). The molecule has 2 saturated carbocycles. The number of nitrogens with one attached hydrogen (secondary N) is 3. The van der Waals surface area contributed by atoms with E-state index < -0.39 is 29.8 Å². The first-order chi connectivity index (χ1) is 17.4. The first-order valence-electron chi connectivity index (χ1n) is 12.9. The Balaban J connectivity index is 1.50. The van der Waals surface area contributed by atoms with Crippen LogP contribution < -0.4 is 21.1 Å². The minimum absolute atomic E-state index is 0.108. The largest absolute Gasteiger partial charge is 0.496 e. The molecular formula is C27H36N4O5. The van der Waals surface area contributed by atoms with Gasteiger partial charge in [0.25, 0.3) is 5.91 Å². The Hall–Kier alpha value is -3.36. The van der Waals surface area contributed by atoms with Crippen LogP contribution >= 0.6 is 0 Å². The number of benzene rings is 1. The zero-order chi connectivity index (χ0) is 25.7. The number of methoxy groups -OCH3 is 1. The van der Waals surface area contributed by atoms with Crippen LogP contribution in [-0.4, -0.2) is 47.7 Å². The Morgan fingerprint density at radius 3 is 2.50 bits per heavy atom. The maximum atomic E-state index is 13.4. The molecule has 1 aromatic carbocycles. The van der Waals surface area contributed by atoms with Gasteiger partial charge < -0.3 is 26.1 Å². The second-order valence-electron chi connectivity index (χ2n) is 10.1. The van der Waals surface area contributed by atoms with E-state index in [2.05, 4.69) is 15.6 Å². The zero-order valence-corrected chi connectivity index (χ0v) is 20.8. The Labute approximate surface area is 210 Å². The van der Waals surface area contributed by atoms with E-state index in [4.69, 9.17) is 10.5 Å². The molecule has 1 heterocycles. The van der Waals surface area contributed by atoms with Gasteiger partial charge in [0.2, 0.25) is 11.8 Å². The van der Waals surface area contributed by atoms with E-state index in [0.717, 1.165) is 43.0 Å². The number of hydrogen-bond donors (Lipinski definition) is 4. The zero-order valence-electron chi connectivity index (χ0n) is 20.8. The molecule has 2 aliphatic carbocycles. The van der Waals surface area contributed by atoms with Crippen LogP contribution in [0.25, 0.3) is 10.9 Å². The van der Waals surface area contributed by atoms with Crippen molar-refractivity contribution in [1.82, 2.24) is 15.6 Å². The van der Waals surface area contributed by atoms with Crippen molar-refractivity contribution in [1.29, 1.82) is 0 Å². The molecule has 5 N–H and O–H groups in total. The van der Waals surface area contributed by atoms with E-state index in [1.165, 1.54) is 6.42 Å². The number of ketones is 1. The maximum Gasteiger partial charge on any atom is 0.268 e. The summed E-state index contributed by atoms with van der Waals surface area (Å²) in [5, 5.41) is 6.40.